The molecule has 0 atom stereocenters. The number of rotatable bonds is 1. The molecule has 0 saturated carbocycles. The highest BCUT2D eigenvalue weighted by atomic mass is 79.9. The van der Waals surface area contributed by atoms with Crippen LogP contribution in [0, 0.1) is 13.8 Å². The molecule has 1 aromatic carbocycles. The van der Waals surface area contributed by atoms with Crippen LogP contribution in [0.4, 0.5) is 0 Å². The second-order valence-corrected chi connectivity index (χ2v) is 4.42. The number of H-pyrrole nitrogens is 1. The summed E-state index contributed by atoms with van der Waals surface area (Å²) >= 11 is 3.20. The van der Waals surface area contributed by atoms with E-state index in [0.29, 0.717) is 16.0 Å². The molecule has 3 nitrogen and oxygen atoms in total. The first-order valence-corrected chi connectivity index (χ1v) is 5.71. The summed E-state index contributed by atoms with van der Waals surface area (Å²) < 4.78 is 0.491. The number of nitrogens with zero attached hydrogens (tertiary/aromatic N) is 1. The van der Waals surface area contributed by atoms with E-state index in [1.807, 2.05) is 31.2 Å². The minimum absolute atomic E-state index is 0.147. The second-order valence-electron chi connectivity index (χ2n) is 3.63. The number of aromatic amines is 1. The Morgan fingerprint density at radius 1 is 1.25 bits per heavy atom. The smallest absolute Gasteiger partial charge is 0.265 e. The van der Waals surface area contributed by atoms with Crippen LogP contribution in [0.1, 0.15) is 11.3 Å². The molecule has 0 aliphatic carbocycles. The maximum atomic E-state index is 11.6. The van der Waals surface area contributed by atoms with E-state index in [-0.39, 0.29) is 5.56 Å². The van der Waals surface area contributed by atoms with Gasteiger partial charge in [0.15, 0.2) is 0 Å². The molecule has 0 spiro atoms. The van der Waals surface area contributed by atoms with E-state index in [0.717, 1.165) is 11.1 Å². The van der Waals surface area contributed by atoms with Gasteiger partial charge in [0.05, 0.1) is 5.69 Å². The minimum atomic E-state index is -0.147. The topological polar surface area (TPSA) is 45.8 Å². The predicted octanol–water partition coefficient (Wildman–Crippen LogP) is 2.82. The molecule has 2 aromatic rings. The Bertz CT molecular complexity index is 590. The molecule has 4 heteroatoms. The van der Waals surface area contributed by atoms with Gasteiger partial charge in [-0.05, 0) is 35.3 Å². The molecule has 0 amide bonds. The fraction of sp³-hybridized carbons (Fsp3) is 0.167. The number of nitrogens with one attached hydrogen (secondary N) is 1. The van der Waals surface area contributed by atoms with Gasteiger partial charge in [0, 0.05) is 5.56 Å². The molecular formula is C12H11BrN2O. The lowest BCUT2D eigenvalue weighted by Gasteiger charge is -2.06. The van der Waals surface area contributed by atoms with Crippen LogP contribution < -0.4 is 5.56 Å². The summed E-state index contributed by atoms with van der Waals surface area (Å²) in [4.78, 5) is 18.7. The Morgan fingerprint density at radius 3 is 2.56 bits per heavy atom. The molecule has 1 N–H and O–H groups in total. The summed E-state index contributed by atoms with van der Waals surface area (Å²) in [6.07, 6.45) is 0. The van der Waals surface area contributed by atoms with E-state index >= 15 is 0 Å². The molecule has 0 aliphatic rings. The number of aromatic nitrogens is 2. The molecule has 2 rings (SSSR count). The number of halogens is 1. The quantitative estimate of drug-likeness (QED) is 0.872. The second kappa shape index (κ2) is 4.22. The van der Waals surface area contributed by atoms with Gasteiger partial charge >= 0.3 is 0 Å². The number of aryl methyl sites for hydroxylation is 2. The third-order valence-electron chi connectivity index (χ3n) is 2.43. The SMILES string of the molecule is Cc1ccccc1-c1nc(C)c(Br)c(=O)[nH]1. The van der Waals surface area contributed by atoms with Gasteiger partial charge in [0.25, 0.3) is 5.56 Å². The molecule has 16 heavy (non-hydrogen) atoms. The molecule has 0 unspecified atom stereocenters. The lowest BCUT2D eigenvalue weighted by Crippen LogP contribution is -2.12. The number of benzene rings is 1. The minimum Gasteiger partial charge on any atom is -0.306 e. The third-order valence-corrected chi connectivity index (χ3v) is 3.36. The van der Waals surface area contributed by atoms with Crippen molar-refractivity contribution in [1.29, 1.82) is 0 Å². The zero-order chi connectivity index (χ0) is 11.7. The van der Waals surface area contributed by atoms with Crippen LogP contribution in [0.25, 0.3) is 11.4 Å². The van der Waals surface area contributed by atoms with Gasteiger partial charge < -0.3 is 4.98 Å². The molecule has 0 aliphatic heterocycles. The average Bonchev–Trinajstić information content (AvgIpc) is 2.26. The average molecular weight is 279 g/mol. The van der Waals surface area contributed by atoms with E-state index in [1.165, 1.54) is 0 Å². The van der Waals surface area contributed by atoms with E-state index in [9.17, 15) is 4.79 Å². The summed E-state index contributed by atoms with van der Waals surface area (Å²) in [5.41, 5.74) is 2.59. The van der Waals surface area contributed by atoms with Crippen LogP contribution in [-0.2, 0) is 0 Å². The molecule has 1 aromatic heterocycles. The summed E-state index contributed by atoms with van der Waals surface area (Å²) in [5, 5.41) is 0. The van der Waals surface area contributed by atoms with Crippen molar-refractivity contribution in [2.75, 3.05) is 0 Å². The first kappa shape index (κ1) is 11.1. The highest BCUT2D eigenvalue weighted by Crippen LogP contribution is 2.19. The molecule has 82 valence electrons. The van der Waals surface area contributed by atoms with Crippen molar-refractivity contribution >= 4 is 15.9 Å². The molecule has 0 radical (unpaired) electrons. The van der Waals surface area contributed by atoms with Crippen LogP contribution >= 0.6 is 15.9 Å². The highest BCUT2D eigenvalue weighted by molar-refractivity contribution is 9.10. The zero-order valence-electron chi connectivity index (χ0n) is 9.04. The molecule has 1 heterocycles. The van der Waals surface area contributed by atoms with Crippen LogP contribution in [0.5, 0.6) is 0 Å². The Hall–Kier alpha value is -1.42. The maximum absolute atomic E-state index is 11.6. The van der Waals surface area contributed by atoms with Gasteiger partial charge in [0.2, 0.25) is 0 Å². The van der Waals surface area contributed by atoms with Gasteiger partial charge in [-0.3, -0.25) is 4.79 Å². The zero-order valence-corrected chi connectivity index (χ0v) is 10.6. The van der Waals surface area contributed by atoms with Gasteiger partial charge in [-0.1, -0.05) is 24.3 Å². The highest BCUT2D eigenvalue weighted by Gasteiger charge is 2.08. The molecule has 0 saturated heterocycles. The standard InChI is InChI=1S/C12H11BrN2O/c1-7-5-3-4-6-9(7)11-14-8(2)10(13)12(16)15-11/h3-6H,1-2H3,(H,14,15,16). The molecular weight excluding hydrogens is 268 g/mol. The van der Waals surface area contributed by atoms with Crippen LogP contribution in [0.2, 0.25) is 0 Å². The predicted molar refractivity (Wildman–Crippen MR) is 67.5 cm³/mol. The molecule has 0 fully saturated rings. The van der Waals surface area contributed by atoms with E-state index in [2.05, 4.69) is 25.9 Å². The van der Waals surface area contributed by atoms with Crippen LogP contribution in [0.3, 0.4) is 0 Å². The van der Waals surface area contributed by atoms with E-state index < -0.39 is 0 Å². The van der Waals surface area contributed by atoms with Crippen molar-refractivity contribution in [3.05, 3.63) is 50.3 Å². The summed E-state index contributed by atoms with van der Waals surface area (Å²) in [5.74, 6) is 0.615. The van der Waals surface area contributed by atoms with Crippen LogP contribution in [0.15, 0.2) is 33.5 Å². The first-order chi connectivity index (χ1) is 7.59. The Labute approximate surface area is 102 Å². The van der Waals surface area contributed by atoms with Gasteiger partial charge in [0.1, 0.15) is 10.3 Å². The van der Waals surface area contributed by atoms with Crippen molar-refractivity contribution < 1.29 is 0 Å². The maximum Gasteiger partial charge on any atom is 0.265 e. The monoisotopic (exact) mass is 278 g/mol. The number of hydrogen-bond acceptors (Lipinski definition) is 2. The summed E-state index contributed by atoms with van der Waals surface area (Å²) in [7, 11) is 0. The van der Waals surface area contributed by atoms with E-state index in [4.69, 9.17) is 0 Å². The third kappa shape index (κ3) is 1.93. The summed E-state index contributed by atoms with van der Waals surface area (Å²) in [6, 6.07) is 7.83. The van der Waals surface area contributed by atoms with Crippen molar-refractivity contribution in [2.45, 2.75) is 13.8 Å². The first-order valence-electron chi connectivity index (χ1n) is 4.92. The van der Waals surface area contributed by atoms with Gasteiger partial charge in [-0.25, -0.2) is 4.98 Å². The lowest BCUT2D eigenvalue weighted by molar-refractivity contribution is 1.05. The van der Waals surface area contributed by atoms with E-state index in [1.54, 1.807) is 6.92 Å². The Balaban J connectivity index is 2.67. The van der Waals surface area contributed by atoms with Crippen molar-refractivity contribution in [2.24, 2.45) is 0 Å². The fourth-order valence-electron chi connectivity index (χ4n) is 1.54. The van der Waals surface area contributed by atoms with Crippen molar-refractivity contribution in [3.63, 3.8) is 0 Å². The fourth-order valence-corrected chi connectivity index (χ4v) is 1.73. The van der Waals surface area contributed by atoms with Crippen molar-refractivity contribution in [3.8, 4) is 11.4 Å². The van der Waals surface area contributed by atoms with Crippen LogP contribution in [-0.4, -0.2) is 9.97 Å². The van der Waals surface area contributed by atoms with Gasteiger partial charge in [-0.2, -0.15) is 0 Å². The van der Waals surface area contributed by atoms with Gasteiger partial charge in [-0.15, -0.1) is 0 Å². The molecule has 0 bridgehead atoms. The van der Waals surface area contributed by atoms with Crippen molar-refractivity contribution in [1.82, 2.24) is 9.97 Å². The normalized spacial score (nSPS) is 10.4. The Kier molecular flexibility index (Phi) is 2.92. The Morgan fingerprint density at radius 2 is 1.94 bits per heavy atom. The largest absolute Gasteiger partial charge is 0.306 e. The number of hydrogen-bond donors (Lipinski definition) is 1. The lowest BCUT2D eigenvalue weighted by atomic mass is 10.1. The summed E-state index contributed by atoms with van der Waals surface area (Å²) in [6.45, 7) is 3.80.